The number of thiocarbonyl (C=S) groups is 2. The Morgan fingerprint density at radius 1 is 0.667 bits per heavy atom. The summed E-state index contributed by atoms with van der Waals surface area (Å²) in [6.45, 7) is 0. The molecule has 0 atom stereocenters. The van der Waals surface area contributed by atoms with Crippen LogP contribution in [-0.2, 0) is 41.7 Å². The predicted molar refractivity (Wildman–Crippen MR) is 98.8 cm³/mol. The van der Waals surface area contributed by atoms with Crippen LogP contribution in [0.5, 0.6) is 0 Å². The van der Waals surface area contributed by atoms with E-state index < -0.39 is 0 Å². The van der Waals surface area contributed by atoms with Crippen molar-refractivity contribution >= 4 is 69.7 Å². The third-order valence-corrected chi connectivity index (χ3v) is 2.32. The second-order valence-electron chi connectivity index (χ2n) is 3.43. The van der Waals surface area contributed by atoms with Gasteiger partial charge in [-0.3, -0.25) is 0 Å². The first-order chi connectivity index (χ1) is 9.58. The summed E-state index contributed by atoms with van der Waals surface area (Å²) in [6, 6.07) is 18.9. The zero-order valence-corrected chi connectivity index (χ0v) is 14.9. The van der Waals surface area contributed by atoms with E-state index in [1.807, 2.05) is 60.7 Å². The van der Waals surface area contributed by atoms with E-state index in [1.54, 1.807) is 0 Å². The molecule has 21 heavy (non-hydrogen) atoms. The third kappa shape index (κ3) is 10.5. The van der Waals surface area contributed by atoms with Gasteiger partial charge in [0.2, 0.25) is 0 Å². The topological polar surface area (TPSA) is 28.2 Å². The molecule has 0 fully saturated rings. The predicted octanol–water partition coefficient (Wildman–Crippen LogP) is 5.04. The molecule has 0 amide bonds. The van der Waals surface area contributed by atoms with Crippen LogP contribution in [0.2, 0.25) is 0 Å². The average molecular weight is 393 g/mol. The maximum absolute atomic E-state index is 4.63. The van der Waals surface area contributed by atoms with Crippen LogP contribution in [0.3, 0.4) is 0 Å². The summed E-state index contributed by atoms with van der Waals surface area (Å²) >= 11 is 18.5. The molecule has 2 aromatic carbocycles. The maximum Gasteiger partial charge on any atom is 2.00 e. The van der Waals surface area contributed by atoms with E-state index in [4.69, 9.17) is 0 Å². The second-order valence-corrected chi connectivity index (χ2v) is 5.49. The smallest absolute Gasteiger partial charge is 0.675 e. The summed E-state index contributed by atoms with van der Waals surface area (Å²) in [5, 5.41) is 7.81. The Bertz CT molecular complexity index is 498. The number of rotatable bonds is 2. The number of benzene rings is 2. The van der Waals surface area contributed by atoms with Crippen LogP contribution in [0.4, 0.5) is 11.4 Å². The molecule has 112 valence electrons. The van der Waals surface area contributed by atoms with Gasteiger partial charge in [0.1, 0.15) is 0 Å². The minimum absolute atomic E-state index is 0. The van der Waals surface area contributed by atoms with Crippen molar-refractivity contribution in [2.45, 2.75) is 0 Å². The van der Waals surface area contributed by atoms with Crippen molar-refractivity contribution in [3.8, 4) is 0 Å². The molecule has 0 N–H and O–H groups in total. The molecular formula is C14H10N2NiS4-2. The van der Waals surface area contributed by atoms with Crippen LogP contribution in [0.15, 0.2) is 60.7 Å². The molecule has 0 aliphatic rings. The Morgan fingerprint density at radius 2 is 0.952 bits per heavy atom. The largest absolute Gasteiger partial charge is 2.00 e. The van der Waals surface area contributed by atoms with Crippen molar-refractivity contribution in [1.82, 2.24) is 0 Å². The summed E-state index contributed by atoms with van der Waals surface area (Å²) in [5.74, 6) is 0. The Morgan fingerprint density at radius 3 is 1.19 bits per heavy atom. The fourth-order valence-electron chi connectivity index (χ4n) is 1.22. The Labute approximate surface area is 156 Å². The SMILES string of the molecule is S=C([S-])[N-]c1ccccc1.S=C([S-])[N-]c1ccccc1.[Ni+2]. The standard InChI is InChI=1S/2C7H7NS2.Ni/c2*9-7(10)8-6-4-2-1-3-5-6;/h2*1-5H,(H2,8,9,10);/q;;+2/p-4. The van der Waals surface area contributed by atoms with E-state index in [9.17, 15) is 0 Å². The van der Waals surface area contributed by atoms with Crippen LogP contribution < -0.4 is 0 Å². The maximum atomic E-state index is 4.63. The monoisotopic (exact) mass is 392 g/mol. The van der Waals surface area contributed by atoms with Gasteiger partial charge < -0.3 is 60.3 Å². The minimum Gasteiger partial charge on any atom is -0.675 e. The van der Waals surface area contributed by atoms with Gasteiger partial charge in [-0.25, -0.2) is 8.64 Å². The van der Waals surface area contributed by atoms with Crippen molar-refractivity contribution in [3.05, 3.63) is 71.3 Å². The van der Waals surface area contributed by atoms with Crippen molar-refractivity contribution in [1.29, 1.82) is 0 Å². The number of hydrogen-bond donors (Lipinski definition) is 0. The Balaban J connectivity index is 0.000000364. The molecule has 0 unspecified atom stereocenters. The van der Waals surface area contributed by atoms with Gasteiger partial charge in [0.05, 0.1) is 0 Å². The zero-order valence-electron chi connectivity index (χ0n) is 10.6. The first kappa shape index (κ1) is 20.2. The summed E-state index contributed by atoms with van der Waals surface area (Å²) in [6.07, 6.45) is 0. The van der Waals surface area contributed by atoms with Gasteiger partial charge >= 0.3 is 16.5 Å². The number of nitrogens with zero attached hydrogens (tertiary/aromatic N) is 2. The molecule has 7 heteroatoms. The van der Waals surface area contributed by atoms with E-state index in [0.29, 0.717) is 0 Å². The molecule has 0 aliphatic carbocycles. The number of para-hydroxylation sites is 2. The zero-order chi connectivity index (χ0) is 14.8. The average Bonchev–Trinajstić information content (AvgIpc) is 2.40. The molecule has 2 aromatic rings. The summed E-state index contributed by atoms with van der Waals surface area (Å²) < 4.78 is 0.511. The third-order valence-electron chi connectivity index (χ3n) is 1.95. The normalized spacial score (nSPS) is 8.38. The molecule has 0 bridgehead atoms. The molecule has 0 aromatic heterocycles. The Kier molecular flexibility index (Phi) is 11.3. The minimum atomic E-state index is 0. The van der Waals surface area contributed by atoms with Gasteiger partial charge in [-0.1, -0.05) is 60.7 Å². The van der Waals surface area contributed by atoms with Crippen LogP contribution in [0.1, 0.15) is 0 Å². The quantitative estimate of drug-likeness (QED) is 0.406. The van der Waals surface area contributed by atoms with Crippen LogP contribution in [-0.4, -0.2) is 8.64 Å². The molecule has 0 spiro atoms. The van der Waals surface area contributed by atoms with Crippen LogP contribution in [0.25, 0.3) is 10.6 Å². The van der Waals surface area contributed by atoms with E-state index in [0.717, 1.165) is 11.4 Å². The van der Waals surface area contributed by atoms with Gasteiger partial charge in [-0.2, -0.15) is 0 Å². The van der Waals surface area contributed by atoms with E-state index in [-0.39, 0.29) is 25.1 Å². The van der Waals surface area contributed by atoms with Gasteiger partial charge in [0.25, 0.3) is 0 Å². The second kappa shape index (κ2) is 11.8. The molecule has 0 saturated carbocycles. The van der Waals surface area contributed by atoms with E-state index in [1.165, 1.54) is 0 Å². The molecule has 0 aliphatic heterocycles. The molecule has 0 heterocycles. The van der Waals surface area contributed by atoms with E-state index in [2.05, 4.69) is 60.3 Å². The summed E-state index contributed by atoms with van der Waals surface area (Å²) in [5.41, 5.74) is 1.64. The molecule has 2 rings (SSSR count). The summed E-state index contributed by atoms with van der Waals surface area (Å²) in [4.78, 5) is 0. The van der Waals surface area contributed by atoms with Crippen LogP contribution >= 0.6 is 24.4 Å². The molecule has 0 radical (unpaired) electrons. The first-order valence-corrected chi connectivity index (χ1v) is 7.17. The fraction of sp³-hybridized carbons (Fsp3) is 0. The van der Waals surface area contributed by atoms with E-state index >= 15 is 0 Å². The van der Waals surface area contributed by atoms with Gasteiger partial charge in [0.15, 0.2) is 0 Å². The van der Waals surface area contributed by atoms with Gasteiger partial charge in [-0.15, -0.1) is 11.4 Å². The summed E-state index contributed by atoms with van der Waals surface area (Å²) in [7, 11) is 0. The van der Waals surface area contributed by atoms with Crippen molar-refractivity contribution in [3.63, 3.8) is 0 Å². The Hall–Kier alpha value is -0.846. The number of hydrogen-bond acceptors (Lipinski definition) is 4. The fourth-order valence-corrected chi connectivity index (χ4v) is 1.64. The molecular weight excluding hydrogens is 383 g/mol. The van der Waals surface area contributed by atoms with Gasteiger partial charge in [0, 0.05) is 0 Å². The van der Waals surface area contributed by atoms with Crippen molar-refractivity contribution in [2.75, 3.05) is 0 Å². The molecule has 2 nitrogen and oxygen atoms in total. The van der Waals surface area contributed by atoms with Gasteiger partial charge in [-0.05, 0) is 0 Å². The van der Waals surface area contributed by atoms with Crippen LogP contribution in [0, 0.1) is 0 Å². The van der Waals surface area contributed by atoms with Crippen molar-refractivity contribution < 1.29 is 16.5 Å². The molecule has 0 saturated heterocycles. The first-order valence-electron chi connectivity index (χ1n) is 5.53. The van der Waals surface area contributed by atoms with Crippen molar-refractivity contribution in [2.24, 2.45) is 0 Å².